The first-order valence-corrected chi connectivity index (χ1v) is 13.7. The van der Waals surface area contributed by atoms with E-state index >= 15 is 0 Å². The number of rotatable bonds is 9. The number of fused-ring (bicyclic) bond motifs is 1. The van der Waals surface area contributed by atoms with Gasteiger partial charge in [0.05, 0.1) is 13.2 Å². The second kappa shape index (κ2) is 12.3. The summed E-state index contributed by atoms with van der Waals surface area (Å²) in [7, 11) is 0. The van der Waals surface area contributed by atoms with Gasteiger partial charge in [-0.2, -0.15) is 0 Å². The summed E-state index contributed by atoms with van der Waals surface area (Å²) in [6.07, 6.45) is 9.86. The standard InChI is InChI=1S/C33H38O3/c1-2-3-8-22-34-28-18-16-26(17-19-28)33-30(25-11-5-4-6-12-25)14-10-13-27-24-29(20-21-31(27)33)36-32-15-7-9-23-35-32/h4-6,11-12,16-21,24,32H,2-3,7-10,13-15,22-23H2,1H3. The van der Waals surface area contributed by atoms with Crippen LogP contribution in [0.15, 0.2) is 72.8 Å². The first-order chi connectivity index (χ1) is 17.8. The molecule has 1 atom stereocenters. The monoisotopic (exact) mass is 482 g/mol. The van der Waals surface area contributed by atoms with Crippen molar-refractivity contribution in [2.75, 3.05) is 13.2 Å². The van der Waals surface area contributed by atoms with Gasteiger partial charge < -0.3 is 14.2 Å². The molecule has 3 aromatic rings. The van der Waals surface area contributed by atoms with Crippen LogP contribution < -0.4 is 9.47 Å². The van der Waals surface area contributed by atoms with Gasteiger partial charge in [0.2, 0.25) is 0 Å². The quantitative estimate of drug-likeness (QED) is 0.286. The highest BCUT2D eigenvalue weighted by atomic mass is 16.7. The van der Waals surface area contributed by atoms with Crippen molar-refractivity contribution in [1.82, 2.24) is 0 Å². The molecular formula is C33H38O3. The fourth-order valence-electron chi connectivity index (χ4n) is 5.31. The number of aryl methyl sites for hydroxylation is 1. The molecule has 1 aliphatic carbocycles. The molecule has 0 N–H and O–H groups in total. The first kappa shape index (κ1) is 24.6. The van der Waals surface area contributed by atoms with Crippen molar-refractivity contribution in [3.05, 3.63) is 95.1 Å². The molecule has 1 heterocycles. The van der Waals surface area contributed by atoms with Crippen molar-refractivity contribution < 1.29 is 14.2 Å². The minimum absolute atomic E-state index is 0.123. The minimum atomic E-state index is -0.123. The van der Waals surface area contributed by atoms with Gasteiger partial charge in [-0.05, 0) is 96.2 Å². The van der Waals surface area contributed by atoms with Crippen LogP contribution >= 0.6 is 0 Å². The molecule has 1 fully saturated rings. The van der Waals surface area contributed by atoms with E-state index in [1.165, 1.54) is 52.7 Å². The van der Waals surface area contributed by atoms with E-state index in [1.807, 2.05) is 0 Å². The molecule has 3 nitrogen and oxygen atoms in total. The van der Waals surface area contributed by atoms with Crippen molar-refractivity contribution >= 4 is 11.1 Å². The lowest BCUT2D eigenvalue weighted by Gasteiger charge is -2.24. The Morgan fingerprint density at radius 1 is 0.806 bits per heavy atom. The largest absolute Gasteiger partial charge is 0.494 e. The zero-order valence-corrected chi connectivity index (χ0v) is 21.5. The summed E-state index contributed by atoms with van der Waals surface area (Å²) in [5.74, 6) is 1.86. The summed E-state index contributed by atoms with van der Waals surface area (Å²) in [4.78, 5) is 0. The Hall–Kier alpha value is -3.04. The summed E-state index contributed by atoms with van der Waals surface area (Å²) in [6.45, 7) is 3.79. The number of hydrogen-bond acceptors (Lipinski definition) is 3. The number of unbranched alkanes of at least 4 members (excludes halogenated alkanes) is 2. The average molecular weight is 483 g/mol. The predicted octanol–water partition coefficient (Wildman–Crippen LogP) is 8.46. The highest BCUT2D eigenvalue weighted by Gasteiger charge is 2.22. The van der Waals surface area contributed by atoms with Gasteiger partial charge in [-0.15, -0.1) is 0 Å². The van der Waals surface area contributed by atoms with Crippen molar-refractivity contribution in [3.63, 3.8) is 0 Å². The van der Waals surface area contributed by atoms with Crippen molar-refractivity contribution in [2.45, 2.75) is 71.0 Å². The molecule has 36 heavy (non-hydrogen) atoms. The van der Waals surface area contributed by atoms with Gasteiger partial charge >= 0.3 is 0 Å². The summed E-state index contributed by atoms with van der Waals surface area (Å²) >= 11 is 0. The van der Waals surface area contributed by atoms with E-state index in [0.29, 0.717) is 0 Å². The van der Waals surface area contributed by atoms with Gasteiger partial charge in [0.25, 0.3) is 0 Å². The molecule has 3 aromatic carbocycles. The van der Waals surface area contributed by atoms with E-state index in [4.69, 9.17) is 14.2 Å². The van der Waals surface area contributed by atoms with Gasteiger partial charge in [0, 0.05) is 6.42 Å². The van der Waals surface area contributed by atoms with Crippen LogP contribution in [0.1, 0.15) is 80.5 Å². The molecule has 3 heteroatoms. The zero-order chi connectivity index (χ0) is 24.6. The molecule has 0 bridgehead atoms. The second-order valence-corrected chi connectivity index (χ2v) is 9.89. The van der Waals surface area contributed by atoms with Crippen LogP contribution in [0.4, 0.5) is 0 Å². The molecule has 1 saturated heterocycles. The second-order valence-electron chi connectivity index (χ2n) is 9.89. The minimum Gasteiger partial charge on any atom is -0.494 e. The van der Waals surface area contributed by atoms with Crippen molar-refractivity contribution in [1.29, 1.82) is 0 Å². The van der Waals surface area contributed by atoms with Gasteiger partial charge in [-0.25, -0.2) is 0 Å². The van der Waals surface area contributed by atoms with E-state index in [1.54, 1.807) is 0 Å². The molecule has 0 saturated carbocycles. The SMILES string of the molecule is CCCCCOc1ccc(C2=C(c3ccccc3)CCCc3cc(OC4CCCCO4)ccc32)cc1. The van der Waals surface area contributed by atoms with E-state index < -0.39 is 0 Å². The van der Waals surface area contributed by atoms with Gasteiger partial charge in [0.1, 0.15) is 11.5 Å². The molecule has 1 unspecified atom stereocenters. The van der Waals surface area contributed by atoms with Crippen LogP contribution in [0.25, 0.3) is 11.1 Å². The van der Waals surface area contributed by atoms with E-state index in [-0.39, 0.29) is 6.29 Å². The van der Waals surface area contributed by atoms with Crippen LogP contribution in [0.5, 0.6) is 11.5 Å². The van der Waals surface area contributed by atoms with Crippen LogP contribution in [-0.2, 0) is 11.2 Å². The lowest BCUT2D eigenvalue weighted by atomic mass is 9.88. The topological polar surface area (TPSA) is 27.7 Å². The molecule has 188 valence electrons. The van der Waals surface area contributed by atoms with E-state index in [0.717, 1.165) is 63.2 Å². The molecule has 1 aliphatic heterocycles. The fourth-order valence-corrected chi connectivity index (χ4v) is 5.31. The number of hydrogen-bond donors (Lipinski definition) is 0. The summed E-state index contributed by atoms with van der Waals surface area (Å²) in [6, 6.07) is 26.2. The Labute approximate surface area is 216 Å². The molecule has 5 rings (SSSR count). The van der Waals surface area contributed by atoms with Crippen LogP contribution in [-0.4, -0.2) is 19.5 Å². The molecule has 2 aliphatic rings. The number of allylic oxidation sites excluding steroid dienone is 1. The first-order valence-electron chi connectivity index (χ1n) is 13.7. The van der Waals surface area contributed by atoms with Crippen LogP contribution in [0.3, 0.4) is 0 Å². The third-order valence-corrected chi connectivity index (χ3v) is 7.21. The Bertz CT molecular complexity index is 1140. The Morgan fingerprint density at radius 2 is 1.64 bits per heavy atom. The third kappa shape index (κ3) is 6.02. The van der Waals surface area contributed by atoms with Gasteiger partial charge in [0.15, 0.2) is 6.29 Å². The zero-order valence-electron chi connectivity index (χ0n) is 21.5. The van der Waals surface area contributed by atoms with E-state index in [2.05, 4.69) is 79.7 Å². The molecule has 0 spiro atoms. The molecular weight excluding hydrogens is 444 g/mol. The summed E-state index contributed by atoms with van der Waals surface area (Å²) in [5, 5.41) is 0. The third-order valence-electron chi connectivity index (χ3n) is 7.21. The van der Waals surface area contributed by atoms with Crippen LogP contribution in [0, 0.1) is 0 Å². The molecule has 0 amide bonds. The summed E-state index contributed by atoms with van der Waals surface area (Å²) < 4.78 is 18.1. The smallest absolute Gasteiger partial charge is 0.199 e. The summed E-state index contributed by atoms with van der Waals surface area (Å²) in [5.41, 5.74) is 7.93. The maximum absolute atomic E-state index is 6.23. The Morgan fingerprint density at radius 3 is 2.42 bits per heavy atom. The number of benzene rings is 3. The van der Waals surface area contributed by atoms with E-state index in [9.17, 15) is 0 Å². The Balaban J connectivity index is 1.48. The fraction of sp³-hybridized carbons (Fsp3) is 0.394. The maximum atomic E-state index is 6.23. The maximum Gasteiger partial charge on any atom is 0.199 e. The highest BCUT2D eigenvalue weighted by molar-refractivity contribution is 6.00. The average Bonchev–Trinajstić information content (AvgIpc) is 3.12. The highest BCUT2D eigenvalue weighted by Crippen LogP contribution is 2.41. The lowest BCUT2D eigenvalue weighted by molar-refractivity contribution is -0.105. The normalized spacial score (nSPS) is 17.9. The molecule has 0 radical (unpaired) electrons. The lowest BCUT2D eigenvalue weighted by Crippen LogP contribution is -2.25. The number of ether oxygens (including phenoxy) is 3. The Kier molecular flexibility index (Phi) is 8.40. The van der Waals surface area contributed by atoms with Gasteiger partial charge in [-0.3, -0.25) is 0 Å². The van der Waals surface area contributed by atoms with Crippen molar-refractivity contribution in [2.24, 2.45) is 0 Å². The van der Waals surface area contributed by atoms with Crippen molar-refractivity contribution in [3.8, 4) is 11.5 Å². The van der Waals surface area contributed by atoms with Crippen LogP contribution in [0.2, 0.25) is 0 Å². The predicted molar refractivity (Wildman–Crippen MR) is 147 cm³/mol. The molecule has 0 aromatic heterocycles. The van der Waals surface area contributed by atoms with Gasteiger partial charge in [-0.1, -0.05) is 68.3 Å².